The topological polar surface area (TPSA) is 77.0 Å². The predicted molar refractivity (Wildman–Crippen MR) is 110 cm³/mol. The van der Waals surface area contributed by atoms with Crippen molar-refractivity contribution in [2.24, 2.45) is 5.41 Å². The van der Waals surface area contributed by atoms with Crippen LogP contribution in [0.25, 0.3) is 11.4 Å². The summed E-state index contributed by atoms with van der Waals surface area (Å²) < 4.78 is 19.0. The summed E-state index contributed by atoms with van der Waals surface area (Å²) in [6.07, 6.45) is 6.75. The molecule has 0 spiro atoms. The lowest BCUT2D eigenvalue weighted by Crippen LogP contribution is -2.39. The molecule has 2 aromatic heterocycles. The van der Waals surface area contributed by atoms with E-state index in [9.17, 15) is 9.18 Å². The van der Waals surface area contributed by atoms with Crippen molar-refractivity contribution in [2.45, 2.75) is 32.7 Å². The number of nitrogens with one attached hydrogen (secondary N) is 1. The summed E-state index contributed by atoms with van der Waals surface area (Å²) in [5.41, 5.74) is 2.69. The molecular weight excluding hydrogens is 383 g/mol. The number of aromatic nitrogens is 3. The van der Waals surface area contributed by atoms with Crippen molar-refractivity contribution in [3.05, 3.63) is 72.1 Å². The molecule has 0 aliphatic heterocycles. The number of hydrogen-bond donors (Lipinski definition) is 1. The van der Waals surface area contributed by atoms with Crippen LogP contribution in [0.2, 0.25) is 0 Å². The Kier molecular flexibility index (Phi) is 5.44. The van der Waals surface area contributed by atoms with Gasteiger partial charge in [-0.25, -0.2) is 14.4 Å². The molecule has 0 radical (unpaired) electrons. The number of para-hydroxylation sites is 1. The van der Waals surface area contributed by atoms with Crippen molar-refractivity contribution < 1.29 is 13.9 Å². The van der Waals surface area contributed by atoms with Crippen LogP contribution in [-0.2, 0) is 11.2 Å². The number of fused-ring (bicyclic) bond motifs is 1. The van der Waals surface area contributed by atoms with Gasteiger partial charge in [0.15, 0.2) is 24.0 Å². The molecule has 0 saturated carbocycles. The first kappa shape index (κ1) is 19.9. The Morgan fingerprint density at radius 2 is 2.00 bits per heavy atom. The van der Waals surface area contributed by atoms with Crippen LogP contribution in [-0.4, -0.2) is 27.5 Å². The van der Waals surface area contributed by atoms with E-state index in [0.29, 0.717) is 5.82 Å². The second-order valence-electron chi connectivity index (χ2n) is 8.22. The first-order valence-electron chi connectivity index (χ1n) is 9.84. The lowest BCUT2D eigenvalue weighted by Gasteiger charge is -2.36. The van der Waals surface area contributed by atoms with Crippen LogP contribution in [0.5, 0.6) is 5.75 Å². The molecule has 1 amide bonds. The van der Waals surface area contributed by atoms with Crippen LogP contribution in [0.1, 0.15) is 37.6 Å². The fraction of sp³-hybridized carbons (Fsp3) is 0.304. The van der Waals surface area contributed by atoms with Crippen LogP contribution in [0.4, 0.5) is 4.39 Å². The number of halogens is 1. The third-order valence-corrected chi connectivity index (χ3v) is 5.15. The van der Waals surface area contributed by atoms with Crippen LogP contribution >= 0.6 is 0 Å². The van der Waals surface area contributed by atoms with E-state index in [4.69, 9.17) is 9.72 Å². The Balaban J connectivity index is 1.51. The van der Waals surface area contributed by atoms with Gasteiger partial charge in [-0.15, -0.1) is 0 Å². The zero-order valence-corrected chi connectivity index (χ0v) is 16.9. The van der Waals surface area contributed by atoms with E-state index in [1.54, 1.807) is 30.7 Å². The maximum atomic E-state index is 13.7. The molecule has 0 bridgehead atoms. The SMILES string of the molecule is CC1(C)Cc2nc(-c3ccncc3)ncc2[C@@H](NC(=O)COc2ccccc2F)C1. The molecule has 1 aromatic carbocycles. The number of carbonyl (C=O) groups is 1. The minimum Gasteiger partial charge on any atom is -0.481 e. The van der Waals surface area contributed by atoms with Crippen molar-refractivity contribution in [3.63, 3.8) is 0 Å². The summed E-state index contributed by atoms with van der Waals surface area (Å²) in [6, 6.07) is 9.54. The standard InChI is InChI=1S/C23H23FN4O2/c1-23(2)11-18(27-21(29)14-30-20-6-4-3-5-17(20)24)16-13-26-22(28-19(16)12-23)15-7-9-25-10-8-15/h3-10,13,18H,11-12,14H2,1-2H3,(H,27,29)/t18-/m0/s1. The van der Waals surface area contributed by atoms with Gasteiger partial charge in [-0.1, -0.05) is 26.0 Å². The fourth-order valence-corrected chi connectivity index (χ4v) is 3.76. The van der Waals surface area contributed by atoms with Gasteiger partial charge in [0.1, 0.15) is 0 Å². The molecule has 30 heavy (non-hydrogen) atoms. The van der Waals surface area contributed by atoms with Gasteiger partial charge in [0, 0.05) is 29.7 Å². The van der Waals surface area contributed by atoms with E-state index >= 15 is 0 Å². The molecule has 4 rings (SSSR count). The van der Waals surface area contributed by atoms with Gasteiger partial charge in [-0.2, -0.15) is 0 Å². The average Bonchev–Trinajstić information content (AvgIpc) is 2.72. The first-order valence-corrected chi connectivity index (χ1v) is 9.84. The van der Waals surface area contributed by atoms with E-state index in [1.165, 1.54) is 12.1 Å². The highest BCUT2D eigenvalue weighted by molar-refractivity contribution is 5.78. The van der Waals surface area contributed by atoms with Crippen LogP contribution in [0.3, 0.4) is 0 Å². The summed E-state index contributed by atoms with van der Waals surface area (Å²) in [7, 11) is 0. The average molecular weight is 406 g/mol. The van der Waals surface area contributed by atoms with Gasteiger partial charge in [-0.05, 0) is 42.5 Å². The van der Waals surface area contributed by atoms with Gasteiger partial charge in [0.2, 0.25) is 0 Å². The van der Waals surface area contributed by atoms with E-state index in [2.05, 4.69) is 29.1 Å². The molecule has 154 valence electrons. The molecule has 0 unspecified atom stereocenters. The number of hydrogen-bond acceptors (Lipinski definition) is 5. The molecule has 0 saturated heterocycles. The summed E-state index contributed by atoms with van der Waals surface area (Å²) in [4.78, 5) is 25.8. The number of rotatable bonds is 5. The number of ether oxygens (including phenoxy) is 1. The lowest BCUT2D eigenvalue weighted by atomic mass is 9.74. The zero-order chi connectivity index (χ0) is 21.1. The fourth-order valence-electron chi connectivity index (χ4n) is 3.76. The summed E-state index contributed by atoms with van der Waals surface area (Å²) in [5, 5.41) is 3.00. The molecule has 7 heteroatoms. The number of pyridine rings is 1. The molecule has 0 fully saturated rings. The van der Waals surface area contributed by atoms with Crippen molar-refractivity contribution in [2.75, 3.05) is 6.61 Å². The van der Waals surface area contributed by atoms with E-state index in [0.717, 1.165) is 29.7 Å². The second-order valence-corrected chi connectivity index (χ2v) is 8.22. The number of nitrogens with zero attached hydrogens (tertiary/aromatic N) is 3. The molecule has 6 nitrogen and oxygen atoms in total. The van der Waals surface area contributed by atoms with Gasteiger partial charge >= 0.3 is 0 Å². The second kappa shape index (κ2) is 8.18. The summed E-state index contributed by atoms with van der Waals surface area (Å²) >= 11 is 0. The maximum absolute atomic E-state index is 13.7. The summed E-state index contributed by atoms with van der Waals surface area (Å²) in [6.45, 7) is 4.04. The quantitative estimate of drug-likeness (QED) is 0.696. The van der Waals surface area contributed by atoms with E-state index in [-0.39, 0.29) is 29.7 Å². The Hall–Kier alpha value is -3.35. The van der Waals surface area contributed by atoms with Gasteiger partial charge in [-0.3, -0.25) is 9.78 Å². The Bertz CT molecular complexity index is 1060. The molecule has 1 N–H and O–H groups in total. The van der Waals surface area contributed by atoms with Crippen molar-refractivity contribution in [1.29, 1.82) is 0 Å². The lowest BCUT2D eigenvalue weighted by molar-refractivity contribution is -0.124. The van der Waals surface area contributed by atoms with Gasteiger partial charge in [0.25, 0.3) is 5.91 Å². The Morgan fingerprint density at radius 3 is 2.77 bits per heavy atom. The Labute approximate surface area is 174 Å². The van der Waals surface area contributed by atoms with E-state index in [1.807, 2.05) is 12.1 Å². The molecular formula is C23H23FN4O2. The van der Waals surface area contributed by atoms with Crippen molar-refractivity contribution >= 4 is 5.91 Å². The molecule has 1 atom stereocenters. The third kappa shape index (κ3) is 4.45. The predicted octanol–water partition coefficient (Wildman–Crippen LogP) is 3.89. The minimum absolute atomic E-state index is 0.0405. The maximum Gasteiger partial charge on any atom is 0.258 e. The minimum atomic E-state index is -0.494. The monoisotopic (exact) mass is 406 g/mol. The Morgan fingerprint density at radius 1 is 1.23 bits per heavy atom. The molecule has 1 aliphatic rings. The first-order chi connectivity index (χ1) is 14.4. The summed E-state index contributed by atoms with van der Waals surface area (Å²) in [5.74, 6) is -0.110. The van der Waals surface area contributed by atoms with Crippen molar-refractivity contribution in [3.8, 4) is 17.1 Å². The highest BCUT2D eigenvalue weighted by Gasteiger charge is 2.34. The molecule has 2 heterocycles. The number of benzene rings is 1. The van der Waals surface area contributed by atoms with Crippen molar-refractivity contribution in [1.82, 2.24) is 20.3 Å². The largest absolute Gasteiger partial charge is 0.481 e. The van der Waals surface area contributed by atoms with E-state index < -0.39 is 5.82 Å². The third-order valence-electron chi connectivity index (χ3n) is 5.15. The van der Waals surface area contributed by atoms with Gasteiger partial charge in [0.05, 0.1) is 11.7 Å². The normalized spacial score (nSPS) is 17.1. The van der Waals surface area contributed by atoms with Gasteiger partial charge < -0.3 is 10.1 Å². The van der Waals surface area contributed by atoms with Crippen LogP contribution < -0.4 is 10.1 Å². The number of carbonyl (C=O) groups excluding carboxylic acids is 1. The highest BCUT2D eigenvalue weighted by Crippen LogP contribution is 2.40. The highest BCUT2D eigenvalue weighted by atomic mass is 19.1. The molecule has 3 aromatic rings. The zero-order valence-electron chi connectivity index (χ0n) is 16.9. The van der Waals surface area contributed by atoms with Crippen LogP contribution in [0, 0.1) is 11.2 Å². The van der Waals surface area contributed by atoms with Crippen LogP contribution in [0.15, 0.2) is 55.0 Å². The number of amides is 1. The smallest absolute Gasteiger partial charge is 0.258 e. The molecule has 1 aliphatic carbocycles.